The lowest BCUT2D eigenvalue weighted by molar-refractivity contribution is -0.116. The smallest absolute Gasteiger partial charge is 0.404 e. The zero-order valence-corrected chi connectivity index (χ0v) is 22.6. The summed E-state index contributed by atoms with van der Waals surface area (Å²) in [4.78, 5) is 27.3. The standard InChI is InChI=1S/C26H26N6O6S2/c27-24(31-36)17-6-3-5-16(13-17)14-21(25-30-20-9-1-2-10-22(20)39-25)32-40(37,38)19-8-4-7-18(15-19)29-23(33)11-12-28-26(34)35/h1-10,13,15,21,28,32,36H,11-12,14H2,(H2,27,31)(H,29,33)(H,34,35). The van der Waals surface area contributed by atoms with Crippen molar-refractivity contribution in [2.24, 2.45) is 10.9 Å². The minimum absolute atomic E-state index is 0.0726. The number of anilines is 1. The number of oxime groups is 1. The van der Waals surface area contributed by atoms with E-state index in [0.29, 0.717) is 10.6 Å². The molecule has 40 heavy (non-hydrogen) atoms. The van der Waals surface area contributed by atoms with Gasteiger partial charge < -0.3 is 26.7 Å². The first kappa shape index (κ1) is 28.5. The summed E-state index contributed by atoms with van der Waals surface area (Å²) in [5.41, 5.74) is 7.93. The van der Waals surface area contributed by atoms with Crippen LogP contribution in [-0.2, 0) is 21.2 Å². The number of rotatable bonds is 11. The molecule has 0 bridgehead atoms. The molecule has 0 aliphatic heterocycles. The molecule has 1 unspecified atom stereocenters. The van der Waals surface area contributed by atoms with E-state index >= 15 is 0 Å². The average molecular weight is 583 g/mol. The van der Waals surface area contributed by atoms with Crippen LogP contribution in [0.3, 0.4) is 0 Å². The molecule has 0 aliphatic carbocycles. The van der Waals surface area contributed by atoms with E-state index in [2.05, 4.69) is 25.5 Å². The van der Waals surface area contributed by atoms with E-state index in [-0.39, 0.29) is 35.8 Å². The van der Waals surface area contributed by atoms with Crippen molar-refractivity contribution >= 4 is 55.1 Å². The van der Waals surface area contributed by atoms with Crippen LogP contribution in [0.15, 0.2) is 82.8 Å². The van der Waals surface area contributed by atoms with Crippen molar-refractivity contribution in [3.05, 3.63) is 88.9 Å². The number of amidine groups is 1. The molecule has 0 spiro atoms. The zero-order valence-electron chi connectivity index (χ0n) is 20.9. The van der Waals surface area contributed by atoms with E-state index in [9.17, 15) is 18.0 Å². The van der Waals surface area contributed by atoms with Crippen molar-refractivity contribution in [2.45, 2.75) is 23.8 Å². The first-order valence-corrected chi connectivity index (χ1v) is 14.3. The SMILES string of the molecule is NC(=NO)c1cccc(CC(NS(=O)(=O)c2cccc(NC(=O)CCNC(=O)O)c2)c2nc3ccccc3s2)c1. The molecule has 0 radical (unpaired) electrons. The van der Waals surface area contributed by atoms with Crippen LogP contribution in [-0.4, -0.2) is 48.1 Å². The largest absolute Gasteiger partial charge is 0.465 e. The van der Waals surface area contributed by atoms with Gasteiger partial charge in [0.2, 0.25) is 15.9 Å². The Kier molecular flexibility index (Phi) is 8.93. The lowest BCUT2D eigenvalue weighted by Crippen LogP contribution is -2.30. The number of aromatic nitrogens is 1. The number of fused-ring (bicyclic) bond motifs is 1. The summed E-state index contributed by atoms with van der Waals surface area (Å²) in [6, 6.07) is 19.4. The van der Waals surface area contributed by atoms with Crippen molar-refractivity contribution in [1.82, 2.24) is 15.0 Å². The van der Waals surface area contributed by atoms with E-state index in [1.54, 1.807) is 24.3 Å². The summed E-state index contributed by atoms with van der Waals surface area (Å²) < 4.78 is 30.7. The third-order valence-corrected chi connectivity index (χ3v) is 8.35. The minimum atomic E-state index is -4.10. The monoisotopic (exact) mass is 582 g/mol. The summed E-state index contributed by atoms with van der Waals surface area (Å²) in [6.45, 7) is -0.0818. The molecule has 0 saturated heterocycles. The van der Waals surface area contributed by atoms with Gasteiger partial charge in [0, 0.05) is 24.2 Å². The van der Waals surface area contributed by atoms with Gasteiger partial charge in [-0.15, -0.1) is 11.3 Å². The van der Waals surface area contributed by atoms with Crippen molar-refractivity contribution in [3.8, 4) is 0 Å². The summed E-state index contributed by atoms with van der Waals surface area (Å²) in [6.07, 6.45) is -1.14. The number of nitrogens with zero attached hydrogens (tertiary/aromatic N) is 2. The molecule has 0 fully saturated rings. The fourth-order valence-electron chi connectivity index (χ4n) is 3.87. The highest BCUT2D eigenvalue weighted by Crippen LogP contribution is 2.30. The van der Waals surface area contributed by atoms with Gasteiger partial charge >= 0.3 is 6.09 Å². The molecule has 1 aromatic heterocycles. The van der Waals surface area contributed by atoms with Crippen LogP contribution in [0.2, 0.25) is 0 Å². The van der Waals surface area contributed by atoms with Crippen LogP contribution in [0.5, 0.6) is 0 Å². The maximum atomic E-state index is 13.5. The molecule has 0 aliphatic rings. The first-order chi connectivity index (χ1) is 19.1. The Morgan fingerprint density at radius 3 is 2.58 bits per heavy atom. The van der Waals surface area contributed by atoms with Crippen LogP contribution >= 0.6 is 11.3 Å². The quantitative estimate of drug-likeness (QED) is 0.0670. The molecule has 0 saturated carbocycles. The predicted octanol–water partition coefficient (Wildman–Crippen LogP) is 3.25. The number of hydrogen-bond acceptors (Lipinski definition) is 8. The van der Waals surface area contributed by atoms with Crippen LogP contribution in [0.4, 0.5) is 10.5 Å². The van der Waals surface area contributed by atoms with Crippen LogP contribution in [0.1, 0.15) is 28.6 Å². The molecule has 12 nitrogen and oxygen atoms in total. The number of thiazole rings is 1. The molecule has 208 valence electrons. The van der Waals surface area contributed by atoms with Gasteiger partial charge in [0.1, 0.15) is 5.01 Å². The second-order valence-corrected chi connectivity index (χ2v) is 11.4. The predicted molar refractivity (Wildman–Crippen MR) is 151 cm³/mol. The lowest BCUT2D eigenvalue weighted by Gasteiger charge is -2.18. The Balaban J connectivity index is 1.60. The molecule has 14 heteroatoms. The highest BCUT2D eigenvalue weighted by atomic mass is 32.2. The Hall–Kier alpha value is -4.53. The normalized spacial score (nSPS) is 12.7. The second kappa shape index (κ2) is 12.5. The van der Waals surface area contributed by atoms with Gasteiger partial charge in [-0.3, -0.25) is 4.79 Å². The first-order valence-electron chi connectivity index (χ1n) is 12.0. The van der Waals surface area contributed by atoms with Crippen molar-refractivity contribution in [2.75, 3.05) is 11.9 Å². The Morgan fingerprint density at radius 2 is 1.82 bits per heavy atom. The number of carbonyl (C=O) groups excluding carboxylic acids is 1. The van der Waals surface area contributed by atoms with E-state index < -0.39 is 28.1 Å². The van der Waals surface area contributed by atoms with Gasteiger partial charge in [-0.1, -0.05) is 41.6 Å². The molecule has 4 aromatic rings. The van der Waals surface area contributed by atoms with Crippen LogP contribution in [0, 0.1) is 0 Å². The fourth-order valence-corrected chi connectivity index (χ4v) is 6.21. The third kappa shape index (κ3) is 7.31. The van der Waals surface area contributed by atoms with Gasteiger partial charge in [-0.25, -0.2) is 22.9 Å². The number of nitrogens with two attached hydrogens (primary N) is 1. The fraction of sp³-hybridized carbons (Fsp3) is 0.154. The summed E-state index contributed by atoms with van der Waals surface area (Å²) in [5.74, 6) is -0.550. The second-order valence-electron chi connectivity index (χ2n) is 8.64. The van der Waals surface area contributed by atoms with Crippen molar-refractivity contribution in [3.63, 3.8) is 0 Å². The van der Waals surface area contributed by atoms with Crippen molar-refractivity contribution < 1.29 is 28.3 Å². The average Bonchev–Trinajstić information content (AvgIpc) is 3.37. The van der Waals surface area contributed by atoms with E-state index in [0.717, 1.165) is 15.8 Å². The summed E-state index contributed by atoms with van der Waals surface area (Å²) in [5, 5.41) is 25.9. The third-order valence-electron chi connectivity index (χ3n) is 5.73. The number of carbonyl (C=O) groups is 2. The maximum Gasteiger partial charge on any atom is 0.404 e. The van der Waals surface area contributed by atoms with E-state index in [4.69, 9.17) is 16.0 Å². The van der Waals surface area contributed by atoms with E-state index in [1.807, 2.05) is 24.3 Å². The number of sulfonamides is 1. The molecule has 7 N–H and O–H groups in total. The topological polar surface area (TPSA) is 196 Å². The van der Waals surface area contributed by atoms with Gasteiger partial charge in [0.25, 0.3) is 0 Å². The number of hydrogen-bond donors (Lipinski definition) is 6. The number of carboxylic acid groups (broad SMARTS) is 1. The molecule has 3 aromatic carbocycles. The van der Waals surface area contributed by atoms with Crippen LogP contribution in [0.25, 0.3) is 10.2 Å². The summed E-state index contributed by atoms with van der Waals surface area (Å²) in [7, 11) is -4.10. The van der Waals surface area contributed by atoms with Gasteiger partial charge in [0.05, 0.1) is 21.2 Å². The highest BCUT2D eigenvalue weighted by Gasteiger charge is 2.25. The Bertz CT molecular complexity index is 1640. The maximum absolute atomic E-state index is 13.5. The zero-order chi connectivity index (χ0) is 28.7. The lowest BCUT2D eigenvalue weighted by atomic mass is 10.0. The highest BCUT2D eigenvalue weighted by molar-refractivity contribution is 7.89. The van der Waals surface area contributed by atoms with Crippen molar-refractivity contribution in [1.29, 1.82) is 0 Å². The number of para-hydroxylation sites is 1. The van der Waals surface area contributed by atoms with Gasteiger partial charge in [-0.2, -0.15) is 0 Å². The Morgan fingerprint density at radius 1 is 1.05 bits per heavy atom. The molecular formula is C26H26N6O6S2. The number of benzene rings is 3. The van der Waals surface area contributed by atoms with E-state index in [1.165, 1.54) is 35.6 Å². The molecule has 1 atom stereocenters. The van der Waals surface area contributed by atoms with Crippen LogP contribution < -0.4 is 21.1 Å². The molecule has 2 amide bonds. The molecular weight excluding hydrogens is 556 g/mol. The van der Waals surface area contributed by atoms with Gasteiger partial charge in [0.15, 0.2) is 5.84 Å². The summed E-state index contributed by atoms with van der Waals surface area (Å²) >= 11 is 1.37. The Labute approximate surface area is 233 Å². The molecule has 1 heterocycles. The molecule has 4 rings (SSSR count). The van der Waals surface area contributed by atoms with Gasteiger partial charge in [-0.05, 0) is 48.4 Å². The number of amides is 2. The minimum Gasteiger partial charge on any atom is -0.465 e. The number of nitrogens with one attached hydrogen (secondary N) is 3.